The molecule has 4 nitrogen and oxygen atoms in total. The monoisotopic (exact) mass is 260 g/mol. The second-order valence-corrected chi connectivity index (χ2v) is 4.51. The lowest BCUT2D eigenvalue weighted by Gasteiger charge is -2.14. The van der Waals surface area contributed by atoms with Gasteiger partial charge in [0.15, 0.2) is 0 Å². The Morgan fingerprint density at radius 3 is 2.79 bits per heavy atom. The Hall–Kier alpha value is -1.81. The van der Waals surface area contributed by atoms with Crippen LogP contribution in [-0.2, 0) is 13.5 Å². The molecule has 0 spiro atoms. The van der Waals surface area contributed by atoms with E-state index in [2.05, 4.69) is 5.10 Å². The van der Waals surface area contributed by atoms with Crippen molar-refractivity contribution in [1.82, 2.24) is 9.78 Å². The summed E-state index contributed by atoms with van der Waals surface area (Å²) in [7, 11) is 1.92. The van der Waals surface area contributed by atoms with Crippen LogP contribution < -0.4 is 4.74 Å². The van der Waals surface area contributed by atoms with Crippen molar-refractivity contribution in [2.24, 2.45) is 7.05 Å². The van der Waals surface area contributed by atoms with Crippen molar-refractivity contribution in [3.05, 3.63) is 47.8 Å². The molecular formula is C15H20N2O2. The molecule has 19 heavy (non-hydrogen) atoms. The van der Waals surface area contributed by atoms with Gasteiger partial charge in [-0.05, 0) is 18.6 Å². The average molecular weight is 260 g/mol. The number of aliphatic hydroxyl groups excluding tert-OH is 1. The number of hydrogen-bond acceptors (Lipinski definition) is 3. The molecule has 1 heterocycles. The minimum atomic E-state index is -0.465. The molecule has 102 valence electrons. The molecule has 0 aliphatic heterocycles. The molecule has 1 aromatic carbocycles. The maximum atomic E-state index is 9.94. The molecule has 2 rings (SSSR count). The highest BCUT2D eigenvalue weighted by Crippen LogP contribution is 2.26. The van der Waals surface area contributed by atoms with Gasteiger partial charge in [-0.2, -0.15) is 5.10 Å². The topological polar surface area (TPSA) is 47.3 Å². The normalized spacial score (nSPS) is 12.4. The fraction of sp³-hybridized carbons (Fsp3) is 0.400. The van der Waals surface area contributed by atoms with Crippen molar-refractivity contribution in [1.29, 1.82) is 0 Å². The summed E-state index contributed by atoms with van der Waals surface area (Å²) in [6, 6.07) is 9.63. The van der Waals surface area contributed by atoms with E-state index < -0.39 is 6.10 Å². The van der Waals surface area contributed by atoms with E-state index in [1.54, 1.807) is 6.20 Å². The molecule has 0 aliphatic rings. The molecule has 2 aromatic rings. The third kappa shape index (κ3) is 3.35. The summed E-state index contributed by atoms with van der Waals surface area (Å²) in [6.07, 6.45) is 2.80. The molecule has 4 heteroatoms. The van der Waals surface area contributed by atoms with Crippen LogP contribution in [0.3, 0.4) is 0 Å². The van der Waals surface area contributed by atoms with Crippen LogP contribution in [0.25, 0.3) is 0 Å². The zero-order valence-electron chi connectivity index (χ0n) is 11.4. The second kappa shape index (κ2) is 6.38. The summed E-state index contributed by atoms with van der Waals surface area (Å²) in [5.74, 6) is 0.763. The van der Waals surface area contributed by atoms with Gasteiger partial charge in [0.1, 0.15) is 5.75 Å². The van der Waals surface area contributed by atoms with Crippen LogP contribution >= 0.6 is 0 Å². The van der Waals surface area contributed by atoms with Crippen molar-refractivity contribution >= 4 is 0 Å². The number of benzene rings is 1. The van der Waals surface area contributed by atoms with E-state index in [1.165, 1.54) is 0 Å². The standard InChI is InChI=1S/C15H20N2O2/c1-3-14(18)13-6-4-5-7-15(13)19-11-9-12-8-10-16-17(12)2/h4-8,10,14,18H,3,9,11H2,1-2H3/t14-/m0/s1. The molecule has 1 atom stereocenters. The lowest BCUT2D eigenvalue weighted by atomic mass is 10.1. The number of aryl methyl sites for hydroxylation is 1. The fourth-order valence-corrected chi connectivity index (χ4v) is 2.02. The largest absolute Gasteiger partial charge is 0.493 e. The van der Waals surface area contributed by atoms with Crippen molar-refractivity contribution in [3.63, 3.8) is 0 Å². The van der Waals surface area contributed by atoms with E-state index in [4.69, 9.17) is 4.74 Å². The van der Waals surface area contributed by atoms with Crippen molar-refractivity contribution in [2.75, 3.05) is 6.61 Å². The number of hydrogen-bond donors (Lipinski definition) is 1. The van der Waals surface area contributed by atoms with Gasteiger partial charge >= 0.3 is 0 Å². The molecular weight excluding hydrogens is 240 g/mol. The van der Waals surface area contributed by atoms with Crippen LogP contribution in [-0.4, -0.2) is 21.5 Å². The predicted octanol–water partition coefficient (Wildman–Crippen LogP) is 2.49. The van der Waals surface area contributed by atoms with Crippen LogP contribution in [0.5, 0.6) is 5.75 Å². The fourth-order valence-electron chi connectivity index (χ4n) is 2.02. The molecule has 0 fully saturated rings. The minimum absolute atomic E-state index is 0.465. The van der Waals surface area contributed by atoms with E-state index in [0.29, 0.717) is 13.0 Å². The summed E-state index contributed by atoms with van der Waals surface area (Å²) in [5, 5.41) is 14.1. The molecule has 1 N–H and O–H groups in total. The Labute approximate surface area is 113 Å². The summed E-state index contributed by atoms with van der Waals surface area (Å²) in [5.41, 5.74) is 1.99. The van der Waals surface area contributed by atoms with Crippen molar-refractivity contribution in [3.8, 4) is 5.75 Å². The first-order chi connectivity index (χ1) is 9.22. The number of rotatable bonds is 6. The van der Waals surface area contributed by atoms with Gasteiger partial charge < -0.3 is 9.84 Å². The average Bonchev–Trinajstić information content (AvgIpc) is 2.84. The lowest BCUT2D eigenvalue weighted by Crippen LogP contribution is -2.08. The summed E-state index contributed by atoms with van der Waals surface area (Å²) in [4.78, 5) is 0. The Morgan fingerprint density at radius 1 is 1.32 bits per heavy atom. The third-order valence-corrected chi connectivity index (χ3v) is 3.20. The van der Waals surface area contributed by atoms with E-state index in [9.17, 15) is 5.11 Å². The lowest BCUT2D eigenvalue weighted by molar-refractivity contribution is 0.167. The molecule has 0 radical (unpaired) electrons. The summed E-state index contributed by atoms with van der Waals surface area (Å²) < 4.78 is 7.63. The quantitative estimate of drug-likeness (QED) is 0.868. The zero-order valence-corrected chi connectivity index (χ0v) is 11.4. The van der Waals surface area contributed by atoms with Gasteiger partial charge in [0, 0.05) is 30.9 Å². The van der Waals surface area contributed by atoms with E-state index in [1.807, 2.05) is 49.0 Å². The van der Waals surface area contributed by atoms with Crippen LogP contribution in [0.2, 0.25) is 0 Å². The van der Waals surface area contributed by atoms with Gasteiger partial charge in [-0.15, -0.1) is 0 Å². The molecule has 0 saturated carbocycles. The maximum Gasteiger partial charge on any atom is 0.125 e. The molecule has 0 bridgehead atoms. The van der Waals surface area contributed by atoms with E-state index in [0.717, 1.165) is 23.4 Å². The van der Waals surface area contributed by atoms with Crippen molar-refractivity contribution in [2.45, 2.75) is 25.9 Å². The molecule has 0 aliphatic carbocycles. The van der Waals surface area contributed by atoms with Gasteiger partial charge in [0.05, 0.1) is 12.7 Å². The van der Waals surface area contributed by atoms with Gasteiger partial charge in [-0.3, -0.25) is 4.68 Å². The van der Waals surface area contributed by atoms with Gasteiger partial charge in [-0.1, -0.05) is 25.1 Å². The van der Waals surface area contributed by atoms with E-state index >= 15 is 0 Å². The number of para-hydroxylation sites is 1. The van der Waals surface area contributed by atoms with Crippen molar-refractivity contribution < 1.29 is 9.84 Å². The SMILES string of the molecule is CC[C@H](O)c1ccccc1OCCc1ccnn1C. The minimum Gasteiger partial charge on any atom is -0.493 e. The number of aliphatic hydroxyl groups is 1. The highest BCUT2D eigenvalue weighted by atomic mass is 16.5. The van der Waals surface area contributed by atoms with Crippen LogP contribution in [0.4, 0.5) is 0 Å². The number of aromatic nitrogens is 2. The first kappa shape index (κ1) is 13.6. The smallest absolute Gasteiger partial charge is 0.125 e. The zero-order chi connectivity index (χ0) is 13.7. The maximum absolute atomic E-state index is 9.94. The Morgan fingerprint density at radius 2 is 2.11 bits per heavy atom. The third-order valence-electron chi connectivity index (χ3n) is 3.20. The Kier molecular flexibility index (Phi) is 4.58. The highest BCUT2D eigenvalue weighted by molar-refractivity contribution is 5.35. The summed E-state index contributed by atoms with van der Waals surface area (Å²) >= 11 is 0. The van der Waals surface area contributed by atoms with Crippen LogP contribution in [0, 0.1) is 0 Å². The Balaban J connectivity index is 1.98. The first-order valence-corrected chi connectivity index (χ1v) is 6.59. The van der Waals surface area contributed by atoms with Gasteiger partial charge in [-0.25, -0.2) is 0 Å². The molecule has 0 saturated heterocycles. The van der Waals surface area contributed by atoms with Crippen LogP contribution in [0.1, 0.15) is 30.7 Å². The summed E-state index contributed by atoms with van der Waals surface area (Å²) in [6.45, 7) is 2.53. The second-order valence-electron chi connectivity index (χ2n) is 4.51. The van der Waals surface area contributed by atoms with Crippen LogP contribution in [0.15, 0.2) is 36.5 Å². The van der Waals surface area contributed by atoms with E-state index in [-0.39, 0.29) is 0 Å². The van der Waals surface area contributed by atoms with Gasteiger partial charge in [0.25, 0.3) is 0 Å². The molecule has 0 unspecified atom stereocenters. The molecule has 0 amide bonds. The number of nitrogens with zero attached hydrogens (tertiary/aromatic N) is 2. The first-order valence-electron chi connectivity index (χ1n) is 6.59. The molecule has 1 aromatic heterocycles. The Bertz CT molecular complexity index is 522. The number of ether oxygens (including phenoxy) is 1. The predicted molar refractivity (Wildman–Crippen MR) is 74.1 cm³/mol. The highest BCUT2D eigenvalue weighted by Gasteiger charge is 2.11. The van der Waals surface area contributed by atoms with Gasteiger partial charge in [0.2, 0.25) is 0 Å².